The highest BCUT2D eigenvalue weighted by Gasteiger charge is 2.07. The summed E-state index contributed by atoms with van der Waals surface area (Å²) in [5, 5.41) is 14.5. The van der Waals surface area contributed by atoms with Crippen molar-refractivity contribution in [2.24, 2.45) is 0 Å². The average molecular weight is 348 g/mol. The Hall–Kier alpha value is -1.86. The first-order chi connectivity index (χ1) is 11.1. The predicted octanol–water partition coefficient (Wildman–Crippen LogP) is 4.00. The zero-order valence-corrected chi connectivity index (χ0v) is 14.6. The monoisotopic (exact) mass is 348 g/mol. The lowest BCUT2D eigenvalue weighted by molar-refractivity contribution is 0.627. The highest BCUT2D eigenvalue weighted by molar-refractivity contribution is 7.15. The molecule has 2 aromatic heterocycles. The van der Waals surface area contributed by atoms with E-state index in [1.807, 2.05) is 13.8 Å². The van der Waals surface area contributed by atoms with Crippen LogP contribution in [0.3, 0.4) is 0 Å². The molecular formula is C16H17FN4S2. The van der Waals surface area contributed by atoms with E-state index in [1.54, 1.807) is 23.5 Å². The van der Waals surface area contributed by atoms with Gasteiger partial charge in [0, 0.05) is 24.3 Å². The van der Waals surface area contributed by atoms with E-state index in [0.29, 0.717) is 6.42 Å². The molecule has 0 aliphatic heterocycles. The van der Waals surface area contributed by atoms with E-state index in [0.717, 1.165) is 39.4 Å². The van der Waals surface area contributed by atoms with Crippen LogP contribution in [-0.2, 0) is 12.8 Å². The van der Waals surface area contributed by atoms with Gasteiger partial charge in [-0.3, -0.25) is 0 Å². The van der Waals surface area contributed by atoms with E-state index in [1.165, 1.54) is 28.3 Å². The summed E-state index contributed by atoms with van der Waals surface area (Å²) >= 11 is 3.28. The van der Waals surface area contributed by atoms with Gasteiger partial charge in [0.05, 0.1) is 10.7 Å². The number of hydrogen-bond donors (Lipinski definition) is 1. The van der Waals surface area contributed by atoms with Crippen LogP contribution in [0.25, 0.3) is 0 Å². The van der Waals surface area contributed by atoms with Crippen LogP contribution in [0, 0.1) is 19.7 Å². The molecule has 0 unspecified atom stereocenters. The summed E-state index contributed by atoms with van der Waals surface area (Å²) in [5.74, 6) is -0.220. The Bertz CT molecular complexity index is 780. The first kappa shape index (κ1) is 16.0. The van der Waals surface area contributed by atoms with Crippen LogP contribution in [0.15, 0.2) is 24.3 Å². The third-order valence-electron chi connectivity index (χ3n) is 3.36. The Labute approximate surface area is 142 Å². The zero-order valence-electron chi connectivity index (χ0n) is 13.0. The molecule has 0 aliphatic carbocycles. The summed E-state index contributed by atoms with van der Waals surface area (Å²) in [5.41, 5.74) is 2.15. The Morgan fingerprint density at radius 1 is 1.09 bits per heavy atom. The van der Waals surface area contributed by atoms with E-state index in [4.69, 9.17) is 0 Å². The SMILES string of the molecule is Cc1nc(C)c(CCNc2nnc(Cc3ccc(F)cc3)s2)s1. The topological polar surface area (TPSA) is 50.7 Å². The summed E-state index contributed by atoms with van der Waals surface area (Å²) < 4.78 is 12.9. The predicted molar refractivity (Wildman–Crippen MR) is 92.9 cm³/mol. The molecule has 4 nitrogen and oxygen atoms in total. The molecule has 1 aromatic carbocycles. The van der Waals surface area contributed by atoms with Gasteiger partial charge in [0.15, 0.2) is 0 Å². The summed E-state index contributed by atoms with van der Waals surface area (Å²) in [6.07, 6.45) is 1.61. The van der Waals surface area contributed by atoms with Crippen molar-refractivity contribution in [3.63, 3.8) is 0 Å². The van der Waals surface area contributed by atoms with Crippen LogP contribution in [0.2, 0.25) is 0 Å². The van der Waals surface area contributed by atoms with Crippen molar-refractivity contribution >= 4 is 27.8 Å². The minimum absolute atomic E-state index is 0.220. The minimum atomic E-state index is -0.220. The van der Waals surface area contributed by atoms with Gasteiger partial charge in [-0.25, -0.2) is 9.37 Å². The van der Waals surface area contributed by atoms with Crippen molar-refractivity contribution in [1.29, 1.82) is 0 Å². The molecule has 0 amide bonds. The van der Waals surface area contributed by atoms with Crippen molar-refractivity contribution in [3.8, 4) is 0 Å². The van der Waals surface area contributed by atoms with Crippen molar-refractivity contribution in [1.82, 2.24) is 15.2 Å². The zero-order chi connectivity index (χ0) is 16.2. The molecular weight excluding hydrogens is 331 g/mol. The van der Waals surface area contributed by atoms with Gasteiger partial charge in [-0.05, 0) is 31.5 Å². The van der Waals surface area contributed by atoms with Gasteiger partial charge in [-0.2, -0.15) is 0 Å². The second-order valence-electron chi connectivity index (χ2n) is 5.22. The molecule has 0 radical (unpaired) electrons. The van der Waals surface area contributed by atoms with Gasteiger partial charge in [0.25, 0.3) is 0 Å². The van der Waals surface area contributed by atoms with E-state index in [-0.39, 0.29) is 5.82 Å². The van der Waals surface area contributed by atoms with Gasteiger partial charge in [-0.1, -0.05) is 23.5 Å². The van der Waals surface area contributed by atoms with Crippen LogP contribution in [-0.4, -0.2) is 21.7 Å². The fraction of sp³-hybridized carbons (Fsp3) is 0.312. The molecule has 0 fully saturated rings. The number of aromatic nitrogens is 3. The molecule has 0 bridgehead atoms. The number of rotatable bonds is 6. The molecule has 0 saturated heterocycles. The standard InChI is InChI=1S/C16H17FN4S2/c1-10-14(22-11(2)19-10)7-8-18-16-21-20-15(23-16)9-12-3-5-13(17)6-4-12/h3-6H,7-9H2,1-2H3,(H,18,21). The number of thiazole rings is 1. The smallest absolute Gasteiger partial charge is 0.205 e. The van der Waals surface area contributed by atoms with Crippen LogP contribution < -0.4 is 5.32 Å². The number of nitrogens with zero attached hydrogens (tertiary/aromatic N) is 3. The van der Waals surface area contributed by atoms with Crippen LogP contribution in [0.1, 0.15) is 26.1 Å². The van der Waals surface area contributed by atoms with E-state index in [9.17, 15) is 4.39 Å². The summed E-state index contributed by atoms with van der Waals surface area (Å²) in [6, 6.07) is 6.49. The normalized spacial score (nSPS) is 10.9. The Kier molecular flexibility index (Phi) is 4.97. The first-order valence-corrected chi connectivity index (χ1v) is 8.97. The summed E-state index contributed by atoms with van der Waals surface area (Å²) in [6.45, 7) is 4.89. The van der Waals surface area contributed by atoms with Crippen LogP contribution >= 0.6 is 22.7 Å². The van der Waals surface area contributed by atoms with Gasteiger partial charge < -0.3 is 5.32 Å². The number of anilines is 1. The van der Waals surface area contributed by atoms with Crippen LogP contribution in [0.5, 0.6) is 0 Å². The van der Waals surface area contributed by atoms with Gasteiger partial charge in [-0.15, -0.1) is 21.5 Å². The largest absolute Gasteiger partial charge is 0.360 e. The van der Waals surface area contributed by atoms with E-state index in [2.05, 4.69) is 20.5 Å². The quantitative estimate of drug-likeness (QED) is 0.732. The molecule has 3 rings (SSSR count). The molecule has 120 valence electrons. The number of aryl methyl sites for hydroxylation is 2. The minimum Gasteiger partial charge on any atom is -0.360 e. The van der Waals surface area contributed by atoms with Crippen molar-refractivity contribution < 1.29 is 4.39 Å². The lowest BCUT2D eigenvalue weighted by Gasteiger charge is -2.00. The molecule has 7 heteroatoms. The summed E-state index contributed by atoms with van der Waals surface area (Å²) in [7, 11) is 0. The average Bonchev–Trinajstić information content (AvgIpc) is 3.08. The van der Waals surface area contributed by atoms with E-state index >= 15 is 0 Å². The Morgan fingerprint density at radius 2 is 1.87 bits per heavy atom. The molecule has 3 aromatic rings. The fourth-order valence-electron chi connectivity index (χ4n) is 2.26. The highest BCUT2D eigenvalue weighted by Crippen LogP contribution is 2.20. The Balaban J connectivity index is 1.53. The van der Waals surface area contributed by atoms with Crippen LogP contribution in [0.4, 0.5) is 9.52 Å². The number of benzene rings is 1. The molecule has 23 heavy (non-hydrogen) atoms. The van der Waals surface area contributed by atoms with Gasteiger partial charge >= 0.3 is 0 Å². The number of hydrogen-bond acceptors (Lipinski definition) is 6. The molecule has 0 spiro atoms. The Morgan fingerprint density at radius 3 is 2.57 bits per heavy atom. The second-order valence-corrected chi connectivity index (χ2v) is 7.57. The fourth-order valence-corrected chi connectivity index (χ4v) is 4.00. The highest BCUT2D eigenvalue weighted by atomic mass is 32.1. The molecule has 0 saturated carbocycles. The third-order valence-corrected chi connectivity index (χ3v) is 5.38. The maximum atomic E-state index is 12.9. The third kappa shape index (κ3) is 4.33. The number of nitrogens with one attached hydrogen (secondary N) is 1. The van der Waals surface area contributed by atoms with Gasteiger partial charge in [0.1, 0.15) is 10.8 Å². The molecule has 1 N–H and O–H groups in total. The van der Waals surface area contributed by atoms with Crippen molar-refractivity contribution in [2.75, 3.05) is 11.9 Å². The molecule has 2 heterocycles. The lowest BCUT2D eigenvalue weighted by Crippen LogP contribution is -2.04. The van der Waals surface area contributed by atoms with Crippen molar-refractivity contribution in [3.05, 3.63) is 56.2 Å². The number of halogens is 1. The maximum Gasteiger partial charge on any atom is 0.205 e. The molecule has 0 aliphatic rings. The maximum absolute atomic E-state index is 12.9. The summed E-state index contributed by atoms with van der Waals surface area (Å²) in [4.78, 5) is 5.74. The lowest BCUT2D eigenvalue weighted by atomic mass is 10.2. The van der Waals surface area contributed by atoms with E-state index < -0.39 is 0 Å². The molecule has 0 atom stereocenters. The first-order valence-electron chi connectivity index (χ1n) is 7.34. The second kappa shape index (κ2) is 7.14. The van der Waals surface area contributed by atoms with Gasteiger partial charge in [0.2, 0.25) is 5.13 Å². The van der Waals surface area contributed by atoms with Crippen molar-refractivity contribution in [2.45, 2.75) is 26.7 Å².